The van der Waals surface area contributed by atoms with Crippen LogP contribution in [0.4, 0.5) is 0 Å². The van der Waals surface area contributed by atoms with Crippen LogP contribution in [-0.2, 0) is 0 Å². The number of rotatable bonds is 3. The van der Waals surface area contributed by atoms with Crippen LogP contribution in [0.15, 0.2) is 42.9 Å². The summed E-state index contributed by atoms with van der Waals surface area (Å²) < 4.78 is 5.29. The smallest absolute Gasteiger partial charge is 0.129 e. The largest absolute Gasteiger partial charge is 0.496 e. The molecule has 2 heterocycles. The van der Waals surface area contributed by atoms with Gasteiger partial charge in [0.2, 0.25) is 0 Å². The highest BCUT2D eigenvalue weighted by molar-refractivity contribution is 6.31. The van der Waals surface area contributed by atoms with Crippen molar-refractivity contribution in [1.29, 1.82) is 5.26 Å². The molecule has 0 bridgehead atoms. The molecule has 108 valence electrons. The molecule has 3 aromatic rings. The lowest BCUT2D eigenvalue weighted by molar-refractivity contribution is 0.413. The molecule has 0 atom stereocenters. The van der Waals surface area contributed by atoms with Gasteiger partial charge in [0.05, 0.1) is 18.8 Å². The van der Waals surface area contributed by atoms with E-state index in [-0.39, 0.29) is 0 Å². The number of aromatic nitrogens is 2. The van der Waals surface area contributed by atoms with E-state index in [4.69, 9.17) is 16.3 Å². The van der Waals surface area contributed by atoms with Gasteiger partial charge in [0.15, 0.2) is 0 Å². The second-order valence-electron chi connectivity index (χ2n) is 4.68. The van der Waals surface area contributed by atoms with Crippen molar-refractivity contribution in [2.75, 3.05) is 7.11 Å². The quantitative estimate of drug-likeness (QED) is 0.734. The maximum Gasteiger partial charge on any atom is 0.129 e. The van der Waals surface area contributed by atoms with E-state index in [1.165, 1.54) is 0 Å². The monoisotopic (exact) mass is 309 g/mol. The number of aromatic amines is 1. The van der Waals surface area contributed by atoms with Gasteiger partial charge in [-0.25, -0.2) is 0 Å². The Hall–Kier alpha value is -2.77. The second-order valence-corrected chi connectivity index (χ2v) is 5.12. The van der Waals surface area contributed by atoms with E-state index in [0.29, 0.717) is 16.3 Å². The van der Waals surface area contributed by atoms with Crippen molar-refractivity contribution in [3.63, 3.8) is 0 Å². The number of H-pyrrole nitrogens is 1. The first-order valence-corrected chi connectivity index (χ1v) is 6.97. The number of halogens is 1. The molecule has 22 heavy (non-hydrogen) atoms. The molecule has 0 saturated heterocycles. The second kappa shape index (κ2) is 5.92. The van der Waals surface area contributed by atoms with Crippen molar-refractivity contribution < 1.29 is 4.74 Å². The van der Waals surface area contributed by atoms with E-state index in [0.717, 1.165) is 22.0 Å². The molecule has 0 spiro atoms. The average molecular weight is 310 g/mol. The molecule has 1 aromatic carbocycles. The average Bonchev–Trinajstić information content (AvgIpc) is 2.95. The van der Waals surface area contributed by atoms with Gasteiger partial charge in [-0.3, -0.25) is 4.98 Å². The topological polar surface area (TPSA) is 61.7 Å². The summed E-state index contributed by atoms with van der Waals surface area (Å²) in [6, 6.07) is 9.53. The molecule has 0 aliphatic rings. The molecule has 0 fully saturated rings. The predicted octanol–water partition coefficient (Wildman–Crippen LogP) is 4.29. The van der Waals surface area contributed by atoms with Crippen LogP contribution in [0.25, 0.3) is 22.6 Å². The molecule has 0 amide bonds. The first-order chi connectivity index (χ1) is 10.7. The Bertz CT molecular complexity index is 906. The molecule has 3 rings (SSSR count). The minimum atomic E-state index is 0.514. The van der Waals surface area contributed by atoms with E-state index >= 15 is 0 Å². The van der Waals surface area contributed by atoms with Crippen molar-refractivity contribution in [3.8, 4) is 11.8 Å². The highest BCUT2D eigenvalue weighted by Crippen LogP contribution is 2.30. The maximum absolute atomic E-state index is 9.53. The van der Waals surface area contributed by atoms with Crippen LogP contribution in [0.3, 0.4) is 0 Å². The van der Waals surface area contributed by atoms with Crippen LogP contribution in [0, 0.1) is 11.3 Å². The molecule has 0 saturated carbocycles. The number of allylic oxidation sites excluding steroid dienone is 1. The van der Waals surface area contributed by atoms with Crippen LogP contribution < -0.4 is 4.74 Å². The summed E-state index contributed by atoms with van der Waals surface area (Å²) in [5.41, 5.74) is 2.99. The number of hydrogen-bond donors (Lipinski definition) is 1. The maximum atomic E-state index is 9.53. The van der Waals surface area contributed by atoms with Crippen molar-refractivity contribution in [3.05, 3.63) is 59.0 Å². The zero-order valence-corrected chi connectivity index (χ0v) is 12.6. The van der Waals surface area contributed by atoms with Crippen molar-refractivity contribution in [2.45, 2.75) is 0 Å². The van der Waals surface area contributed by atoms with Crippen LogP contribution in [-0.4, -0.2) is 17.1 Å². The Morgan fingerprint density at radius 3 is 3.05 bits per heavy atom. The zero-order valence-electron chi connectivity index (χ0n) is 11.8. The fourth-order valence-corrected chi connectivity index (χ4v) is 2.50. The van der Waals surface area contributed by atoms with Gasteiger partial charge in [-0.15, -0.1) is 0 Å². The van der Waals surface area contributed by atoms with Gasteiger partial charge in [-0.2, -0.15) is 5.26 Å². The molecule has 0 radical (unpaired) electrons. The van der Waals surface area contributed by atoms with Crippen LogP contribution in [0.2, 0.25) is 5.02 Å². The third kappa shape index (κ3) is 2.54. The number of methoxy groups -OCH3 is 1. The predicted molar refractivity (Wildman–Crippen MR) is 87.6 cm³/mol. The number of ether oxygens (including phenoxy) is 1. The highest BCUT2D eigenvalue weighted by atomic mass is 35.5. The van der Waals surface area contributed by atoms with E-state index in [1.807, 2.05) is 18.2 Å². The summed E-state index contributed by atoms with van der Waals surface area (Å²) in [5.74, 6) is 0.667. The van der Waals surface area contributed by atoms with Gasteiger partial charge in [0, 0.05) is 45.6 Å². The highest BCUT2D eigenvalue weighted by Gasteiger charge is 2.10. The van der Waals surface area contributed by atoms with Crippen molar-refractivity contribution in [2.24, 2.45) is 0 Å². The molecule has 5 heteroatoms. The molecular formula is C17H12ClN3O. The number of nitrogens with zero attached hydrogens (tertiary/aromatic N) is 2. The fraction of sp³-hybridized carbons (Fsp3) is 0.0588. The van der Waals surface area contributed by atoms with Gasteiger partial charge < -0.3 is 9.72 Å². The number of nitriles is 1. The molecule has 0 unspecified atom stereocenters. The first kappa shape index (κ1) is 14.2. The lowest BCUT2D eigenvalue weighted by Crippen LogP contribution is -1.88. The standard InChI is InChI=1S/C17H12ClN3O/c1-22-17-4-5-20-9-12(17)6-11(8-19)15-10-21-16-3-2-13(18)7-14(15)16/h2-7,9-10,21H,1H3. The summed E-state index contributed by atoms with van der Waals surface area (Å²) in [5, 5.41) is 11.1. The third-order valence-electron chi connectivity index (χ3n) is 3.38. The van der Waals surface area contributed by atoms with Gasteiger partial charge in [0.1, 0.15) is 5.75 Å². The Labute approximate surface area is 132 Å². The summed E-state index contributed by atoms with van der Waals surface area (Å²) in [4.78, 5) is 7.22. The van der Waals surface area contributed by atoms with Gasteiger partial charge in [-0.05, 0) is 30.3 Å². The SMILES string of the molecule is COc1ccncc1C=C(C#N)c1c[nH]c2ccc(Cl)cc12. The fourth-order valence-electron chi connectivity index (χ4n) is 2.33. The Morgan fingerprint density at radius 1 is 1.41 bits per heavy atom. The van der Waals surface area contributed by atoms with Crippen LogP contribution in [0.1, 0.15) is 11.1 Å². The minimum Gasteiger partial charge on any atom is -0.496 e. The summed E-state index contributed by atoms with van der Waals surface area (Å²) >= 11 is 6.06. The van der Waals surface area contributed by atoms with E-state index in [2.05, 4.69) is 16.0 Å². The van der Waals surface area contributed by atoms with Gasteiger partial charge >= 0.3 is 0 Å². The zero-order chi connectivity index (χ0) is 15.5. The molecule has 2 aromatic heterocycles. The van der Waals surface area contributed by atoms with E-state index in [1.54, 1.807) is 37.8 Å². The number of pyridine rings is 1. The van der Waals surface area contributed by atoms with Crippen LogP contribution in [0.5, 0.6) is 5.75 Å². The number of benzene rings is 1. The molecule has 1 N–H and O–H groups in total. The lowest BCUT2D eigenvalue weighted by atomic mass is 10.0. The molecule has 0 aliphatic carbocycles. The van der Waals surface area contributed by atoms with Crippen LogP contribution >= 0.6 is 11.6 Å². The van der Waals surface area contributed by atoms with Crippen molar-refractivity contribution in [1.82, 2.24) is 9.97 Å². The summed E-state index contributed by atoms with van der Waals surface area (Å²) in [6.45, 7) is 0. The van der Waals surface area contributed by atoms with Gasteiger partial charge in [0.25, 0.3) is 0 Å². The van der Waals surface area contributed by atoms with Crippen molar-refractivity contribution >= 4 is 34.2 Å². The Kier molecular flexibility index (Phi) is 3.82. The lowest BCUT2D eigenvalue weighted by Gasteiger charge is -2.04. The Balaban J connectivity index is 2.16. The Morgan fingerprint density at radius 2 is 2.27 bits per heavy atom. The van der Waals surface area contributed by atoms with Gasteiger partial charge in [-0.1, -0.05) is 11.6 Å². The number of hydrogen-bond acceptors (Lipinski definition) is 3. The third-order valence-corrected chi connectivity index (χ3v) is 3.62. The number of fused-ring (bicyclic) bond motifs is 1. The van der Waals surface area contributed by atoms with E-state index < -0.39 is 0 Å². The molecule has 4 nitrogen and oxygen atoms in total. The first-order valence-electron chi connectivity index (χ1n) is 6.59. The summed E-state index contributed by atoms with van der Waals surface area (Å²) in [6.07, 6.45) is 6.87. The molecular weight excluding hydrogens is 298 g/mol. The molecule has 0 aliphatic heterocycles. The number of nitrogens with one attached hydrogen (secondary N) is 1. The van der Waals surface area contributed by atoms with E-state index in [9.17, 15) is 5.26 Å². The normalized spacial score (nSPS) is 11.4. The minimum absolute atomic E-state index is 0.514. The summed E-state index contributed by atoms with van der Waals surface area (Å²) in [7, 11) is 1.59.